The van der Waals surface area contributed by atoms with E-state index in [1.807, 2.05) is 0 Å². The fourth-order valence-electron chi connectivity index (χ4n) is 2.05. The number of carbonyl (C=O) groups excluding carboxylic acids is 2. The Kier molecular flexibility index (Phi) is 5.74. The molecule has 1 heterocycles. The van der Waals surface area contributed by atoms with Gasteiger partial charge in [-0.3, -0.25) is 9.59 Å². The predicted molar refractivity (Wildman–Crippen MR) is 67.3 cm³/mol. The molecule has 110 valence electrons. The van der Waals surface area contributed by atoms with Crippen LogP contribution in [0.1, 0.15) is 12.8 Å². The van der Waals surface area contributed by atoms with Crippen molar-refractivity contribution < 1.29 is 27.5 Å². The summed E-state index contributed by atoms with van der Waals surface area (Å²) >= 11 is 0. The Morgan fingerprint density at radius 1 is 1.32 bits per heavy atom. The van der Waals surface area contributed by atoms with E-state index in [1.165, 1.54) is 19.1 Å². The topological polar surface area (TPSA) is 90.0 Å². The lowest BCUT2D eigenvalue weighted by atomic mass is 10.2. The van der Waals surface area contributed by atoms with E-state index < -0.39 is 15.8 Å². The number of rotatable bonds is 6. The second-order valence-corrected chi connectivity index (χ2v) is 6.63. The summed E-state index contributed by atoms with van der Waals surface area (Å²) in [7, 11) is -0.426. The Balaban J connectivity index is 2.69. The average molecular weight is 293 g/mol. The van der Waals surface area contributed by atoms with Gasteiger partial charge in [0.2, 0.25) is 5.91 Å². The Labute approximate surface area is 112 Å². The molecule has 19 heavy (non-hydrogen) atoms. The first-order chi connectivity index (χ1) is 8.89. The third-order valence-electron chi connectivity index (χ3n) is 3.02. The Bertz CT molecular complexity index is 432. The van der Waals surface area contributed by atoms with Crippen molar-refractivity contribution in [1.29, 1.82) is 0 Å². The van der Waals surface area contributed by atoms with E-state index in [0.29, 0.717) is 6.42 Å². The van der Waals surface area contributed by atoms with Crippen molar-refractivity contribution in [3.8, 4) is 0 Å². The highest BCUT2D eigenvalue weighted by Crippen LogP contribution is 2.18. The number of sulfone groups is 1. The summed E-state index contributed by atoms with van der Waals surface area (Å²) in [5.74, 6) is -0.722. The SMILES string of the molecule is COCC(=O)N(CCC(=O)OC)C1CCS(=O)(=O)C1. The Morgan fingerprint density at radius 3 is 2.47 bits per heavy atom. The normalized spacial score (nSPS) is 21.1. The summed E-state index contributed by atoms with van der Waals surface area (Å²) in [5.41, 5.74) is 0. The van der Waals surface area contributed by atoms with Crippen LogP contribution >= 0.6 is 0 Å². The summed E-state index contributed by atoms with van der Waals surface area (Å²) < 4.78 is 32.2. The van der Waals surface area contributed by atoms with Crippen molar-refractivity contribution in [3.05, 3.63) is 0 Å². The van der Waals surface area contributed by atoms with Gasteiger partial charge >= 0.3 is 5.97 Å². The van der Waals surface area contributed by atoms with Crippen LogP contribution in [0, 0.1) is 0 Å². The number of methoxy groups -OCH3 is 2. The average Bonchev–Trinajstić information content (AvgIpc) is 2.70. The van der Waals surface area contributed by atoms with Crippen molar-refractivity contribution in [2.75, 3.05) is 38.9 Å². The van der Waals surface area contributed by atoms with Crippen molar-refractivity contribution >= 4 is 21.7 Å². The molecule has 1 aliphatic heterocycles. The molecule has 1 aliphatic rings. The van der Waals surface area contributed by atoms with E-state index in [9.17, 15) is 18.0 Å². The van der Waals surface area contributed by atoms with E-state index in [-0.39, 0.29) is 43.0 Å². The largest absolute Gasteiger partial charge is 0.469 e. The lowest BCUT2D eigenvalue weighted by Gasteiger charge is -2.27. The molecule has 8 heteroatoms. The minimum atomic E-state index is -3.08. The lowest BCUT2D eigenvalue weighted by Crippen LogP contribution is -2.44. The zero-order valence-electron chi connectivity index (χ0n) is 11.1. The molecule has 0 aromatic heterocycles. The molecule has 0 spiro atoms. The number of amides is 1. The summed E-state index contributed by atoms with van der Waals surface area (Å²) in [6.07, 6.45) is 0.446. The fraction of sp³-hybridized carbons (Fsp3) is 0.818. The number of carbonyl (C=O) groups is 2. The van der Waals surface area contributed by atoms with Gasteiger partial charge in [0.1, 0.15) is 6.61 Å². The minimum Gasteiger partial charge on any atom is -0.469 e. The fourth-order valence-corrected chi connectivity index (χ4v) is 3.78. The Hall–Kier alpha value is -1.15. The summed E-state index contributed by atoms with van der Waals surface area (Å²) in [6.45, 7) is 0.0206. The molecule has 1 rings (SSSR count). The number of ether oxygens (including phenoxy) is 2. The summed E-state index contributed by atoms with van der Waals surface area (Å²) in [4.78, 5) is 24.4. The molecule has 0 aliphatic carbocycles. The highest BCUT2D eigenvalue weighted by molar-refractivity contribution is 7.91. The van der Waals surface area contributed by atoms with Gasteiger partial charge in [-0.25, -0.2) is 8.42 Å². The van der Waals surface area contributed by atoms with E-state index >= 15 is 0 Å². The first kappa shape index (κ1) is 15.9. The van der Waals surface area contributed by atoms with Crippen LogP contribution in [0.3, 0.4) is 0 Å². The maximum atomic E-state index is 11.9. The number of hydrogen-bond acceptors (Lipinski definition) is 6. The van der Waals surface area contributed by atoms with Gasteiger partial charge in [0.15, 0.2) is 9.84 Å². The van der Waals surface area contributed by atoms with Crippen LogP contribution in [-0.4, -0.2) is 70.1 Å². The van der Waals surface area contributed by atoms with Crippen LogP contribution in [0.25, 0.3) is 0 Å². The highest BCUT2D eigenvalue weighted by atomic mass is 32.2. The van der Waals surface area contributed by atoms with Crippen LogP contribution in [-0.2, 0) is 28.9 Å². The summed E-state index contributed by atoms with van der Waals surface area (Å²) in [5, 5.41) is 0. The monoisotopic (exact) mass is 293 g/mol. The zero-order valence-corrected chi connectivity index (χ0v) is 11.9. The third kappa shape index (κ3) is 4.79. The molecule has 1 saturated heterocycles. The predicted octanol–water partition coefficient (Wildman–Crippen LogP) is -0.788. The van der Waals surface area contributed by atoms with E-state index in [4.69, 9.17) is 4.74 Å². The second kappa shape index (κ2) is 6.85. The van der Waals surface area contributed by atoms with Crippen LogP contribution in [0.5, 0.6) is 0 Å². The molecule has 1 fully saturated rings. The van der Waals surface area contributed by atoms with Crippen molar-refractivity contribution in [3.63, 3.8) is 0 Å². The minimum absolute atomic E-state index is 0.0441. The van der Waals surface area contributed by atoms with Crippen molar-refractivity contribution in [2.45, 2.75) is 18.9 Å². The maximum Gasteiger partial charge on any atom is 0.307 e. The first-order valence-electron chi connectivity index (χ1n) is 5.95. The van der Waals surface area contributed by atoms with Crippen LogP contribution < -0.4 is 0 Å². The van der Waals surface area contributed by atoms with Crippen LogP contribution in [0.4, 0.5) is 0 Å². The van der Waals surface area contributed by atoms with E-state index in [1.54, 1.807) is 0 Å². The molecule has 7 nitrogen and oxygen atoms in total. The van der Waals surface area contributed by atoms with Gasteiger partial charge in [-0.2, -0.15) is 0 Å². The molecule has 0 N–H and O–H groups in total. The number of hydrogen-bond donors (Lipinski definition) is 0. The van der Waals surface area contributed by atoms with Crippen LogP contribution in [0.2, 0.25) is 0 Å². The standard InChI is InChI=1S/C11H19NO6S/c1-17-7-10(13)12(5-3-11(14)18-2)9-4-6-19(15,16)8-9/h9H,3-8H2,1-2H3. The zero-order chi connectivity index (χ0) is 14.5. The highest BCUT2D eigenvalue weighted by Gasteiger charge is 2.34. The van der Waals surface area contributed by atoms with Gasteiger partial charge in [0.25, 0.3) is 0 Å². The van der Waals surface area contributed by atoms with Gasteiger partial charge < -0.3 is 14.4 Å². The molecule has 1 amide bonds. The molecule has 0 aromatic carbocycles. The quantitative estimate of drug-likeness (QED) is 0.596. The molecule has 0 bridgehead atoms. The molecular formula is C11H19NO6S. The van der Waals surface area contributed by atoms with E-state index in [2.05, 4.69) is 4.74 Å². The van der Waals surface area contributed by atoms with Gasteiger partial charge in [-0.1, -0.05) is 0 Å². The maximum absolute atomic E-state index is 11.9. The van der Waals surface area contributed by atoms with E-state index in [0.717, 1.165) is 0 Å². The third-order valence-corrected chi connectivity index (χ3v) is 4.77. The lowest BCUT2D eigenvalue weighted by molar-refractivity contribution is -0.143. The van der Waals surface area contributed by atoms with Gasteiger partial charge in [0, 0.05) is 19.7 Å². The van der Waals surface area contributed by atoms with Gasteiger partial charge in [-0.05, 0) is 6.42 Å². The van der Waals surface area contributed by atoms with Crippen molar-refractivity contribution in [2.24, 2.45) is 0 Å². The van der Waals surface area contributed by atoms with Gasteiger partial charge in [-0.15, -0.1) is 0 Å². The molecule has 1 unspecified atom stereocenters. The molecule has 0 saturated carbocycles. The molecule has 1 atom stereocenters. The first-order valence-corrected chi connectivity index (χ1v) is 7.77. The van der Waals surface area contributed by atoms with Crippen molar-refractivity contribution in [1.82, 2.24) is 4.90 Å². The number of esters is 1. The molecular weight excluding hydrogens is 274 g/mol. The van der Waals surface area contributed by atoms with Crippen LogP contribution in [0.15, 0.2) is 0 Å². The molecule has 0 radical (unpaired) electrons. The smallest absolute Gasteiger partial charge is 0.307 e. The van der Waals surface area contributed by atoms with Gasteiger partial charge in [0.05, 0.1) is 25.0 Å². The summed E-state index contributed by atoms with van der Waals surface area (Å²) in [6, 6.07) is -0.377. The second-order valence-electron chi connectivity index (χ2n) is 4.40. The Morgan fingerprint density at radius 2 is 2.00 bits per heavy atom. The molecule has 0 aromatic rings. The number of nitrogens with zero attached hydrogens (tertiary/aromatic N) is 1.